The summed E-state index contributed by atoms with van der Waals surface area (Å²) in [5.41, 5.74) is 0.483. The fourth-order valence-corrected chi connectivity index (χ4v) is 1.11. The Kier molecular flexibility index (Phi) is 3.67. The smallest absolute Gasteiger partial charge is 0.191 e. The van der Waals surface area contributed by atoms with Crippen LogP contribution in [0, 0.1) is 11.3 Å². The molecule has 0 atom stereocenters. The molecule has 0 amide bonds. The minimum Gasteiger partial charge on any atom is -0.507 e. The molecule has 4 nitrogen and oxygen atoms in total. The second kappa shape index (κ2) is 4.99. The third kappa shape index (κ3) is 2.85. The molecule has 0 aromatic heterocycles. The first-order valence-electron chi connectivity index (χ1n) is 4.66. The summed E-state index contributed by atoms with van der Waals surface area (Å²) in [6.45, 7) is 0. The normalized spacial score (nSPS) is 10.1. The lowest BCUT2D eigenvalue weighted by atomic mass is 10.1. The summed E-state index contributed by atoms with van der Waals surface area (Å²) in [4.78, 5) is 13.4. The summed E-state index contributed by atoms with van der Waals surface area (Å²) in [6, 6.07) is 6.09. The molecule has 0 heterocycles. The number of carbonyl (C=O) groups is 1. The highest BCUT2D eigenvalue weighted by molar-refractivity contribution is 6.06. The van der Waals surface area contributed by atoms with Crippen LogP contribution < -0.4 is 0 Å². The first-order valence-corrected chi connectivity index (χ1v) is 4.66. The second-order valence-corrected chi connectivity index (χ2v) is 3.49. The minimum absolute atomic E-state index is 0.118. The Bertz CT molecular complexity index is 470. The van der Waals surface area contributed by atoms with Crippen LogP contribution in [0.2, 0.25) is 0 Å². The summed E-state index contributed by atoms with van der Waals surface area (Å²) in [6.07, 6.45) is 2.93. The van der Waals surface area contributed by atoms with Crippen LogP contribution >= 0.6 is 0 Å². The quantitative estimate of drug-likeness (QED) is 0.614. The van der Waals surface area contributed by atoms with Crippen molar-refractivity contribution < 1.29 is 9.90 Å². The number of ketones is 1. The number of phenols is 1. The SMILES string of the molecule is CN(C)/C=C/C(=O)c1cc(C#N)ccc1O. The molecular formula is C12H12N2O2. The Morgan fingerprint density at radius 3 is 2.75 bits per heavy atom. The van der Waals surface area contributed by atoms with Gasteiger partial charge in [-0.15, -0.1) is 0 Å². The molecule has 82 valence electrons. The van der Waals surface area contributed by atoms with Gasteiger partial charge < -0.3 is 10.0 Å². The number of carbonyl (C=O) groups excluding carboxylic acids is 1. The largest absolute Gasteiger partial charge is 0.507 e. The third-order valence-electron chi connectivity index (χ3n) is 1.92. The van der Waals surface area contributed by atoms with Crippen molar-refractivity contribution in [2.75, 3.05) is 14.1 Å². The van der Waals surface area contributed by atoms with Crippen molar-refractivity contribution in [3.05, 3.63) is 41.6 Å². The number of benzene rings is 1. The lowest BCUT2D eigenvalue weighted by molar-refractivity contribution is 0.104. The maximum absolute atomic E-state index is 11.7. The summed E-state index contributed by atoms with van der Waals surface area (Å²) in [7, 11) is 3.57. The highest BCUT2D eigenvalue weighted by Crippen LogP contribution is 2.19. The van der Waals surface area contributed by atoms with E-state index in [4.69, 9.17) is 5.26 Å². The Labute approximate surface area is 94.0 Å². The van der Waals surface area contributed by atoms with Crippen LogP contribution in [0.1, 0.15) is 15.9 Å². The van der Waals surface area contributed by atoms with Crippen LogP contribution in [0.4, 0.5) is 0 Å². The molecule has 0 saturated carbocycles. The molecule has 0 aliphatic carbocycles. The van der Waals surface area contributed by atoms with Gasteiger partial charge in [-0.1, -0.05) is 0 Å². The number of nitrogens with zero attached hydrogens (tertiary/aromatic N) is 2. The number of nitriles is 1. The van der Waals surface area contributed by atoms with E-state index < -0.39 is 0 Å². The molecule has 1 rings (SSSR count). The first-order chi connectivity index (χ1) is 7.54. The topological polar surface area (TPSA) is 64.3 Å². The van der Waals surface area contributed by atoms with Crippen molar-refractivity contribution in [2.45, 2.75) is 0 Å². The molecule has 0 bridgehead atoms. The summed E-state index contributed by atoms with van der Waals surface area (Å²) in [5.74, 6) is -0.448. The Morgan fingerprint density at radius 1 is 1.50 bits per heavy atom. The maximum atomic E-state index is 11.7. The Hall–Kier alpha value is -2.28. The van der Waals surface area contributed by atoms with Crippen LogP contribution in [-0.4, -0.2) is 29.9 Å². The fraction of sp³-hybridized carbons (Fsp3) is 0.167. The third-order valence-corrected chi connectivity index (χ3v) is 1.92. The zero-order valence-corrected chi connectivity index (χ0v) is 9.14. The molecule has 0 radical (unpaired) electrons. The van der Waals surface area contributed by atoms with Crippen molar-refractivity contribution in [1.82, 2.24) is 4.90 Å². The lowest BCUT2D eigenvalue weighted by Gasteiger charge is -2.04. The van der Waals surface area contributed by atoms with E-state index in [1.165, 1.54) is 24.3 Å². The zero-order chi connectivity index (χ0) is 12.1. The van der Waals surface area contributed by atoms with Crippen LogP contribution in [0.15, 0.2) is 30.5 Å². The van der Waals surface area contributed by atoms with E-state index in [2.05, 4.69) is 0 Å². The average molecular weight is 216 g/mol. The van der Waals surface area contributed by atoms with Crippen LogP contribution in [0.3, 0.4) is 0 Å². The number of aromatic hydroxyl groups is 1. The molecule has 0 aliphatic heterocycles. The second-order valence-electron chi connectivity index (χ2n) is 3.49. The predicted octanol–water partition coefficient (Wildman–Crippen LogP) is 1.52. The molecule has 0 unspecified atom stereocenters. The molecule has 0 saturated heterocycles. The van der Waals surface area contributed by atoms with Gasteiger partial charge in [-0.05, 0) is 18.2 Å². The number of hydrogen-bond acceptors (Lipinski definition) is 4. The first kappa shape index (κ1) is 11.8. The van der Waals surface area contributed by atoms with Gasteiger partial charge in [0.15, 0.2) is 5.78 Å². The minimum atomic E-state index is -0.330. The summed E-state index contributed by atoms with van der Waals surface area (Å²) >= 11 is 0. The van der Waals surface area contributed by atoms with Gasteiger partial charge in [0, 0.05) is 26.4 Å². The number of hydrogen-bond donors (Lipinski definition) is 1. The standard InChI is InChI=1S/C12H12N2O2/c1-14(2)6-5-12(16)10-7-9(8-13)3-4-11(10)15/h3-7,15H,1-2H3/b6-5+. The van der Waals surface area contributed by atoms with Crippen LogP contribution in [-0.2, 0) is 0 Å². The van der Waals surface area contributed by atoms with E-state index in [-0.39, 0.29) is 17.1 Å². The van der Waals surface area contributed by atoms with E-state index in [1.54, 1.807) is 25.2 Å². The number of phenolic OH excluding ortho intramolecular Hbond substituents is 1. The Balaban J connectivity index is 3.04. The van der Waals surface area contributed by atoms with Gasteiger partial charge in [0.2, 0.25) is 0 Å². The molecule has 1 N–H and O–H groups in total. The van der Waals surface area contributed by atoms with Gasteiger partial charge in [-0.2, -0.15) is 5.26 Å². The summed E-state index contributed by atoms with van der Waals surface area (Å²) in [5, 5.41) is 18.2. The van der Waals surface area contributed by atoms with Gasteiger partial charge >= 0.3 is 0 Å². The zero-order valence-electron chi connectivity index (χ0n) is 9.14. The molecular weight excluding hydrogens is 204 g/mol. The van der Waals surface area contributed by atoms with Crippen LogP contribution in [0.5, 0.6) is 5.75 Å². The van der Waals surface area contributed by atoms with Crippen molar-refractivity contribution in [3.63, 3.8) is 0 Å². The van der Waals surface area contributed by atoms with Crippen molar-refractivity contribution in [1.29, 1.82) is 5.26 Å². The maximum Gasteiger partial charge on any atom is 0.191 e. The van der Waals surface area contributed by atoms with Crippen LogP contribution in [0.25, 0.3) is 0 Å². The molecule has 1 aromatic carbocycles. The van der Waals surface area contributed by atoms with E-state index in [0.717, 1.165) is 0 Å². The van der Waals surface area contributed by atoms with Gasteiger partial charge in [0.25, 0.3) is 0 Å². The summed E-state index contributed by atoms with van der Waals surface area (Å²) < 4.78 is 0. The van der Waals surface area contributed by atoms with Gasteiger partial charge in [0.05, 0.1) is 17.2 Å². The molecule has 16 heavy (non-hydrogen) atoms. The number of rotatable bonds is 3. The average Bonchev–Trinajstić information content (AvgIpc) is 2.26. The lowest BCUT2D eigenvalue weighted by Crippen LogP contribution is -2.03. The van der Waals surface area contributed by atoms with E-state index in [9.17, 15) is 9.90 Å². The molecule has 0 aliphatic rings. The molecule has 0 spiro atoms. The van der Waals surface area contributed by atoms with E-state index >= 15 is 0 Å². The van der Waals surface area contributed by atoms with Gasteiger partial charge in [0.1, 0.15) is 5.75 Å². The van der Waals surface area contributed by atoms with Gasteiger partial charge in [-0.25, -0.2) is 0 Å². The fourth-order valence-electron chi connectivity index (χ4n) is 1.11. The molecule has 1 aromatic rings. The van der Waals surface area contributed by atoms with Crippen molar-refractivity contribution in [2.24, 2.45) is 0 Å². The van der Waals surface area contributed by atoms with E-state index in [1.807, 2.05) is 6.07 Å². The van der Waals surface area contributed by atoms with Crippen molar-refractivity contribution in [3.8, 4) is 11.8 Å². The predicted molar refractivity (Wildman–Crippen MR) is 60.0 cm³/mol. The molecule has 0 fully saturated rings. The van der Waals surface area contributed by atoms with Gasteiger partial charge in [-0.3, -0.25) is 4.79 Å². The molecule has 4 heteroatoms. The highest BCUT2D eigenvalue weighted by atomic mass is 16.3. The highest BCUT2D eigenvalue weighted by Gasteiger charge is 2.09. The van der Waals surface area contributed by atoms with E-state index in [0.29, 0.717) is 5.56 Å². The Morgan fingerprint density at radius 2 is 2.19 bits per heavy atom. The monoisotopic (exact) mass is 216 g/mol. The van der Waals surface area contributed by atoms with Crippen molar-refractivity contribution >= 4 is 5.78 Å². The number of allylic oxidation sites excluding steroid dienone is 1.